The highest BCUT2D eigenvalue weighted by Crippen LogP contribution is 2.12. The van der Waals surface area contributed by atoms with Crippen LogP contribution >= 0.6 is 0 Å². The van der Waals surface area contributed by atoms with Gasteiger partial charge in [-0.2, -0.15) is 0 Å². The van der Waals surface area contributed by atoms with Crippen LogP contribution in [0.2, 0.25) is 0 Å². The van der Waals surface area contributed by atoms with Gasteiger partial charge in [-0.1, -0.05) is 18.2 Å². The molecule has 100 valence electrons. The molecule has 1 aromatic carbocycles. The zero-order valence-corrected chi connectivity index (χ0v) is 10.8. The lowest BCUT2D eigenvalue weighted by Crippen LogP contribution is -2.29. The maximum atomic E-state index is 13.7. The molecular formula is C15H18FN3. The molecule has 1 aromatic heterocycles. The molecule has 0 radical (unpaired) electrons. The molecule has 2 rings (SSSR count). The monoisotopic (exact) mass is 259 g/mol. The van der Waals surface area contributed by atoms with Gasteiger partial charge in [0.1, 0.15) is 5.82 Å². The van der Waals surface area contributed by atoms with E-state index in [0.29, 0.717) is 18.7 Å². The molecule has 0 bridgehead atoms. The molecule has 1 heterocycles. The van der Waals surface area contributed by atoms with E-state index in [1.807, 2.05) is 24.3 Å². The van der Waals surface area contributed by atoms with Crippen LogP contribution < -0.4 is 5.73 Å². The Bertz CT molecular complexity index is 502. The van der Waals surface area contributed by atoms with Crippen LogP contribution in [0.25, 0.3) is 0 Å². The van der Waals surface area contributed by atoms with Crippen LogP contribution in [0.4, 0.5) is 4.39 Å². The van der Waals surface area contributed by atoms with E-state index in [-0.39, 0.29) is 5.82 Å². The van der Waals surface area contributed by atoms with Crippen LogP contribution in [0.15, 0.2) is 48.8 Å². The smallest absolute Gasteiger partial charge is 0.127 e. The van der Waals surface area contributed by atoms with Crippen molar-refractivity contribution in [2.75, 3.05) is 13.1 Å². The summed E-state index contributed by atoms with van der Waals surface area (Å²) in [6.45, 7) is 2.59. The highest BCUT2D eigenvalue weighted by atomic mass is 19.1. The topological polar surface area (TPSA) is 42.1 Å². The van der Waals surface area contributed by atoms with Crippen molar-refractivity contribution in [3.8, 4) is 0 Å². The molecule has 0 saturated carbocycles. The van der Waals surface area contributed by atoms with E-state index in [1.54, 1.807) is 18.5 Å². The van der Waals surface area contributed by atoms with Gasteiger partial charge >= 0.3 is 0 Å². The van der Waals surface area contributed by atoms with E-state index in [2.05, 4.69) is 9.88 Å². The Labute approximate surface area is 112 Å². The summed E-state index contributed by atoms with van der Waals surface area (Å²) in [4.78, 5) is 6.13. The van der Waals surface area contributed by atoms with Crippen LogP contribution in [0, 0.1) is 5.82 Å². The Hall–Kier alpha value is -1.78. The molecule has 2 N–H and O–H groups in total. The molecule has 0 amide bonds. The van der Waals surface area contributed by atoms with Crippen molar-refractivity contribution in [3.05, 3.63) is 65.7 Å². The first-order valence-electron chi connectivity index (χ1n) is 6.34. The van der Waals surface area contributed by atoms with Gasteiger partial charge in [-0.3, -0.25) is 9.88 Å². The quantitative estimate of drug-likeness (QED) is 0.864. The first-order valence-corrected chi connectivity index (χ1v) is 6.34. The van der Waals surface area contributed by atoms with Gasteiger partial charge in [0.15, 0.2) is 0 Å². The summed E-state index contributed by atoms with van der Waals surface area (Å²) >= 11 is 0. The van der Waals surface area contributed by atoms with Crippen molar-refractivity contribution in [1.29, 1.82) is 0 Å². The predicted molar refractivity (Wildman–Crippen MR) is 73.8 cm³/mol. The zero-order valence-electron chi connectivity index (χ0n) is 10.8. The predicted octanol–water partition coefficient (Wildman–Crippen LogP) is 2.18. The number of aromatic nitrogens is 1. The van der Waals surface area contributed by atoms with Gasteiger partial charge in [-0.05, 0) is 23.8 Å². The minimum atomic E-state index is -0.167. The summed E-state index contributed by atoms with van der Waals surface area (Å²) in [5.41, 5.74) is 7.48. The number of halogens is 1. The van der Waals surface area contributed by atoms with Crippen LogP contribution in [-0.2, 0) is 13.1 Å². The second-order valence-corrected chi connectivity index (χ2v) is 4.45. The average molecular weight is 259 g/mol. The number of pyridine rings is 1. The van der Waals surface area contributed by atoms with E-state index >= 15 is 0 Å². The standard InChI is InChI=1S/C15H18FN3/c16-15-4-2-1-3-14(15)12-19(10-7-17)11-13-5-8-18-9-6-13/h1-6,8-9H,7,10-12,17H2. The minimum Gasteiger partial charge on any atom is -0.329 e. The summed E-state index contributed by atoms with van der Waals surface area (Å²) in [5.74, 6) is -0.167. The van der Waals surface area contributed by atoms with E-state index < -0.39 is 0 Å². The molecule has 2 aromatic rings. The van der Waals surface area contributed by atoms with Gasteiger partial charge in [0, 0.05) is 44.1 Å². The molecule has 0 spiro atoms. The number of benzene rings is 1. The lowest BCUT2D eigenvalue weighted by atomic mass is 10.2. The first kappa shape index (κ1) is 13.6. The Morgan fingerprint density at radius 3 is 2.47 bits per heavy atom. The second-order valence-electron chi connectivity index (χ2n) is 4.45. The normalized spacial score (nSPS) is 10.9. The van der Waals surface area contributed by atoms with Crippen molar-refractivity contribution in [2.45, 2.75) is 13.1 Å². The molecule has 0 fully saturated rings. The average Bonchev–Trinajstić information content (AvgIpc) is 2.43. The molecule has 3 nitrogen and oxygen atoms in total. The van der Waals surface area contributed by atoms with E-state index in [4.69, 9.17) is 5.73 Å². The Morgan fingerprint density at radius 2 is 1.79 bits per heavy atom. The van der Waals surface area contributed by atoms with Crippen LogP contribution in [0.1, 0.15) is 11.1 Å². The van der Waals surface area contributed by atoms with Crippen molar-refractivity contribution in [2.24, 2.45) is 5.73 Å². The van der Waals surface area contributed by atoms with Crippen molar-refractivity contribution in [3.63, 3.8) is 0 Å². The summed E-state index contributed by atoms with van der Waals surface area (Å²) < 4.78 is 13.7. The lowest BCUT2D eigenvalue weighted by Gasteiger charge is -2.22. The van der Waals surface area contributed by atoms with Gasteiger partial charge in [0.2, 0.25) is 0 Å². The summed E-state index contributed by atoms with van der Waals surface area (Å²) in [6, 6.07) is 10.8. The zero-order chi connectivity index (χ0) is 13.5. The van der Waals surface area contributed by atoms with E-state index in [0.717, 1.165) is 18.7 Å². The highest BCUT2D eigenvalue weighted by Gasteiger charge is 2.09. The number of hydrogen-bond acceptors (Lipinski definition) is 3. The largest absolute Gasteiger partial charge is 0.329 e. The fraction of sp³-hybridized carbons (Fsp3) is 0.267. The molecule has 0 aliphatic carbocycles. The highest BCUT2D eigenvalue weighted by molar-refractivity contribution is 5.17. The molecular weight excluding hydrogens is 241 g/mol. The van der Waals surface area contributed by atoms with Gasteiger partial charge in [-0.25, -0.2) is 4.39 Å². The third-order valence-corrected chi connectivity index (χ3v) is 2.95. The van der Waals surface area contributed by atoms with E-state index in [1.165, 1.54) is 6.07 Å². The number of nitrogens with two attached hydrogens (primary N) is 1. The second kappa shape index (κ2) is 6.97. The third kappa shape index (κ3) is 4.12. The maximum Gasteiger partial charge on any atom is 0.127 e. The third-order valence-electron chi connectivity index (χ3n) is 2.95. The van der Waals surface area contributed by atoms with Crippen LogP contribution in [0.5, 0.6) is 0 Å². The maximum absolute atomic E-state index is 13.7. The molecule has 0 unspecified atom stereocenters. The van der Waals surface area contributed by atoms with Gasteiger partial charge < -0.3 is 5.73 Å². The fourth-order valence-electron chi connectivity index (χ4n) is 2.01. The van der Waals surface area contributed by atoms with Gasteiger partial charge in [0.05, 0.1) is 0 Å². The first-order chi connectivity index (χ1) is 9.29. The fourth-order valence-corrected chi connectivity index (χ4v) is 2.01. The summed E-state index contributed by atoms with van der Waals surface area (Å²) in [5, 5.41) is 0. The molecule has 0 aliphatic rings. The molecule has 19 heavy (non-hydrogen) atoms. The van der Waals surface area contributed by atoms with Crippen LogP contribution in [-0.4, -0.2) is 23.0 Å². The van der Waals surface area contributed by atoms with Crippen LogP contribution in [0.3, 0.4) is 0 Å². The SMILES string of the molecule is NCCN(Cc1ccncc1)Cc1ccccc1F. The van der Waals surface area contributed by atoms with Crippen molar-refractivity contribution in [1.82, 2.24) is 9.88 Å². The lowest BCUT2D eigenvalue weighted by molar-refractivity contribution is 0.260. The van der Waals surface area contributed by atoms with Crippen molar-refractivity contribution < 1.29 is 4.39 Å². The number of hydrogen-bond donors (Lipinski definition) is 1. The van der Waals surface area contributed by atoms with Gasteiger partial charge in [-0.15, -0.1) is 0 Å². The summed E-state index contributed by atoms with van der Waals surface area (Å²) in [7, 11) is 0. The summed E-state index contributed by atoms with van der Waals surface area (Å²) in [6.07, 6.45) is 3.53. The molecule has 0 saturated heterocycles. The Morgan fingerprint density at radius 1 is 1.05 bits per heavy atom. The Kier molecular flexibility index (Phi) is 5.01. The van der Waals surface area contributed by atoms with Gasteiger partial charge in [0.25, 0.3) is 0 Å². The van der Waals surface area contributed by atoms with Crippen molar-refractivity contribution >= 4 is 0 Å². The molecule has 0 atom stereocenters. The number of nitrogens with zero attached hydrogens (tertiary/aromatic N) is 2. The minimum absolute atomic E-state index is 0.167. The molecule has 4 heteroatoms. The Balaban J connectivity index is 2.06. The number of rotatable bonds is 6. The van der Waals surface area contributed by atoms with E-state index in [9.17, 15) is 4.39 Å². The molecule has 0 aliphatic heterocycles.